The summed E-state index contributed by atoms with van der Waals surface area (Å²) in [4.78, 5) is 26.4. The van der Waals surface area contributed by atoms with Crippen molar-refractivity contribution in [1.82, 2.24) is 4.90 Å². The number of hydrogen-bond donors (Lipinski definition) is 1. The van der Waals surface area contributed by atoms with Crippen LogP contribution in [0.5, 0.6) is 0 Å². The molecule has 1 atom stereocenters. The van der Waals surface area contributed by atoms with Crippen LogP contribution in [0.2, 0.25) is 0 Å². The molecule has 110 valence electrons. The van der Waals surface area contributed by atoms with Gasteiger partial charge in [0.05, 0.1) is 18.1 Å². The number of likely N-dealkylation sites (tertiary alicyclic amines) is 1. The summed E-state index contributed by atoms with van der Waals surface area (Å²) in [6.45, 7) is 0.581. The molecule has 1 aliphatic heterocycles. The van der Waals surface area contributed by atoms with Crippen LogP contribution < -0.4 is 4.90 Å². The zero-order valence-corrected chi connectivity index (χ0v) is 11.8. The van der Waals surface area contributed by atoms with E-state index < -0.39 is 5.97 Å². The van der Waals surface area contributed by atoms with E-state index in [1.54, 1.807) is 36.2 Å². The Morgan fingerprint density at radius 1 is 1.43 bits per heavy atom. The Labute approximate surface area is 123 Å². The number of nitriles is 1. The molecule has 1 N–H and O–H groups in total. The van der Waals surface area contributed by atoms with Crippen LogP contribution in [0.3, 0.4) is 0 Å². The SMILES string of the molecule is CN(C(=O)N1CCCC1CC(=O)O)c1ccc(C#N)cc1. The zero-order chi connectivity index (χ0) is 15.4. The first-order chi connectivity index (χ1) is 10.0. The number of nitrogens with zero attached hydrogens (tertiary/aromatic N) is 3. The number of anilines is 1. The molecule has 0 radical (unpaired) electrons. The van der Waals surface area contributed by atoms with Crippen LogP contribution in [0.1, 0.15) is 24.8 Å². The third-order valence-electron chi connectivity index (χ3n) is 3.70. The lowest BCUT2D eigenvalue weighted by Gasteiger charge is -2.29. The van der Waals surface area contributed by atoms with Crippen molar-refractivity contribution in [1.29, 1.82) is 5.26 Å². The van der Waals surface area contributed by atoms with Gasteiger partial charge in [0.2, 0.25) is 0 Å². The minimum Gasteiger partial charge on any atom is -0.481 e. The molecule has 1 aromatic rings. The average molecular weight is 287 g/mol. The van der Waals surface area contributed by atoms with E-state index in [1.165, 1.54) is 4.90 Å². The van der Waals surface area contributed by atoms with Gasteiger partial charge in [0, 0.05) is 25.3 Å². The molecule has 21 heavy (non-hydrogen) atoms. The molecule has 2 rings (SSSR count). The molecule has 0 aromatic heterocycles. The van der Waals surface area contributed by atoms with Crippen LogP contribution in [0, 0.1) is 11.3 Å². The van der Waals surface area contributed by atoms with E-state index in [1.807, 2.05) is 6.07 Å². The Morgan fingerprint density at radius 2 is 2.10 bits per heavy atom. The lowest BCUT2D eigenvalue weighted by molar-refractivity contribution is -0.137. The summed E-state index contributed by atoms with van der Waals surface area (Å²) in [5.41, 5.74) is 1.21. The summed E-state index contributed by atoms with van der Waals surface area (Å²) in [6, 6.07) is 8.30. The summed E-state index contributed by atoms with van der Waals surface area (Å²) in [5.74, 6) is -0.888. The van der Waals surface area contributed by atoms with Gasteiger partial charge in [-0.25, -0.2) is 4.79 Å². The Bertz CT molecular complexity index is 577. The topological polar surface area (TPSA) is 84.6 Å². The molecule has 6 nitrogen and oxygen atoms in total. The van der Waals surface area contributed by atoms with Crippen LogP contribution in [-0.2, 0) is 4.79 Å². The summed E-state index contributed by atoms with van der Waals surface area (Å²) in [7, 11) is 1.65. The number of carboxylic acid groups (broad SMARTS) is 1. The maximum atomic E-state index is 12.5. The number of benzene rings is 1. The zero-order valence-electron chi connectivity index (χ0n) is 11.8. The molecular formula is C15H17N3O3. The number of carboxylic acids is 1. The van der Waals surface area contributed by atoms with Crippen molar-refractivity contribution >= 4 is 17.7 Å². The van der Waals surface area contributed by atoms with E-state index >= 15 is 0 Å². The smallest absolute Gasteiger partial charge is 0.324 e. The first-order valence-electron chi connectivity index (χ1n) is 6.79. The number of aliphatic carboxylic acids is 1. The van der Waals surface area contributed by atoms with E-state index in [-0.39, 0.29) is 18.5 Å². The number of urea groups is 1. The van der Waals surface area contributed by atoms with E-state index in [0.717, 1.165) is 12.8 Å². The van der Waals surface area contributed by atoms with Gasteiger partial charge in [0.25, 0.3) is 0 Å². The Hall–Kier alpha value is -2.55. The van der Waals surface area contributed by atoms with Gasteiger partial charge < -0.3 is 10.0 Å². The van der Waals surface area contributed by atoms with E-state index in [9.17, 15) is 9.59 Å². The molecule has 1 heterocycles. The minimum atomic E-state index is -0.888. The Morgan fingerprint density at radius 3 is 2.67 bits per heavy atom. The molecule has 6 heteroatoms. The van der Waals surface area contributed by atoms with Crippen molar-refractivity contribution in [3.05, 3.63) is 29.8 Å². The molecule has 1 aromatic carbocycles. The van der Waals surface area contributed by atoms with Gasteiger partial charge in [-0.05, 0) is 37.1 Å². The van der Waals surface area contributed by atoms with Crippen molar-refractivity contribution < 1.29 is 14.7 Å². The fraction of sp³-hybridized carbons (Fsp3) is 0.400. The average Bonchev–Trinajstić information content (AvgIpc) is 2.93. The predicted molar refractivity (Wildman–Crippen MR) is 76.9 cm³/mol. The largest absolute Gasteiger partial charge is 0.481 e. The molecule has 0 saturated carbocycles. The summed E-state index contributed by atoms with van der Waals surface area (Å²) in [5, 5.41) is 17.7. The Balaban J connectivity index is 2.10. The van der Waals surface area contributed by atoms with Crippen LogP contribution in [0.15, 0.2) is 24.3 Å². The van der Waals surface area contributed by atoms with Crippen molar-refractivity contribution in [3.63, 3.8) is 0 Å². The van der Waals surface area contributed by atoms with E-state index in [0.29, 0.717) is 17.8 Å². The number of amides is 2. The van der Waals surface area contributed by atoms with Gasteiger partial charge in [-0.2, -0.15) is 5.26 Å². The van der Waals surface area contributed by atoms with Crippen molar-refractivity contribution in [2.75, 3.05) is 18.5 Å². The quantitative estimate of drug-likeness (QED) is 0.922. The third-order valence-corrected chi connectivity index (χ3v) is 3.70. The normalized spacial score (nSPS) is 17.3. The fourth-order valence-corrected chi connectivity index (χ4v) is 2.56. The second-order valence-corrected chi connectivity index (χ2v) is 5.09. The number of hydrogen-bond acceptors (Lipinski definition) is 3. The molecule has 0 spiro atoms. The van der Waals surface area contributed by atoms with Crippen molar-refractivity contribution in [2.24, 2.45) is 0 Å². The second kappa shape index (κ2) is 6.27. The van der Waals surface area contributed by atoms with Crippen molar-refractivity contribution in [3.8, 4) is 6.07 Å². The summed E-state index contributed by atoms with van der Waals surface area (Å²) in [6.07, 6.45) is 1.52. The van der Waals surface area contributed by atoms with Crippen LogP contribution >= 0.6 is 0 Å². The molecule has 0 aliphatic carbocycles. The minimum absolute atomic E-state index is 0.0209. The highest BCUT2D eigenvalue weighted by Crippen LogP contribution is 2.23. The van der Waals surface area contributed by atoms with Gasteiger partial charge in [-0.3, -0.25) is 9.69 Å². The van der Waals surface area contributed by atoms with Gasteiger partial charge >= 0.3 is 12.0 Å². The van der Waals surface area contributed by atoms with E-state index in [4.69, 9.17) is 10.4 Å². The lowest BCUT2D eigenvalue weighted by atomic mass is 10.1. The van der Waals surface area contributed by atoms with Crippen molar-refractivity contribution in [2.45, 2.75) is 25.3 Å². The highest BCUT2D eigenvalue weighted by atomic mass is 16.4. The molecular weight excluding hydrogens is 270 g/mol. The predicted octanol–water partition coefficient (Wildman–Crippen LogP) is 2.05. The van der Waals surface area contributed by atoms with Gasteiger partial charge in [-0.1, -0.05) is 0 Å². The van der Waals surface area contributed by atoms with Crippen LogP contribution in [0.25, 0.3) is 0 Å². The highest BCUT2D eigenvalue weighted by molar-refractivity contribution is 5.92. The highest BCUT2D eigenvalue weighted by Gasteiger charge is 2.32. The maximum absolute atomic E-state index is 12.5. The first-order valence-corrected chi connectivity index (χ1v) is 6.79. The number of carbonyl (C=O) groups excluding carboxylic acids is 1. The third kappa shape index (κ3) is 3.31. The number of rotatable bonds is 3. The molecule has 1 aliphatic rings. The van der Waals surface area contributed by atoms with Gasteiger partial charge in [0.1, 0.15) is 0 Å². The van der Waals surface area contributed by atoms with E-state index in [2.05, 4.69) is 0 Å². The molecule has 1 unspecified atom stereocenters. The Kier molecular flexibility index (Phi) is 4.43. The van der Waals surface area contributed by atoms with Gasteiger partial charge in [0.15, 0.2) is 0 Å². The fourth-order valence-electron chi connectivity index (χ4n) is 2.56. The molecule has 1 saturated heterocycles. The molecule has 1 fully saturated rings. The number of carbonyl (C=O) groups is 2. The lowest BCUT2D eigenvalue weighted by Crippen LogP contribution is -2.44. The van der Waals surface area contributed by atoms with Crippen LogP contribution in [-0.4, -0.2) is 41.6 Å². The van der Waals surface area contributed by atoms with Crippen LogP contribution in [0.4, 0.5) is 10.5 Å². The summed E-state index contributed by atoms with van der Waals surface area (Å²) >= 11 is 0. The maximum Gasteiger partial charge on any atom is 0.324 e. The second-order valence-electron chi connectivity index (χ2n) is 5.09. The molecule has 0 bridgehead atoms. The first kappa shape index (κ1) is 14.9. The monoisotopic (exact) mass is 287 g/mol. The molecule has 2 amide bonds. The van der Waals surface area contributed by atoms with Gasteiger partial charge in [-0.15, -0.1) is 0 Å². The summed E-state index contributed by atoms with van der Waals surface area (Å²) < 4.78 is 0. The standard InChI is InChI=1S/C15H17N3O3/c1-17(12-6-4-11(10-16)5-7-12)15(21)18-8-2-3-13(18)9-14(19)20/h4-7,13H,2-3,8-9H2,1H3,(H,19,20).